The van der Waals surface area contributed by atoms with Gasteiger partial charge in [0.25, 0.3) is 0 Å². The van der Waals surface area contributed by atoms with Crippen LogP contribution < -0.4 is 10.6 Å². The van der Waals surface area contributed by atoms with Crippen LogP contribution in [0.5, 0.6) is 0 Å². The lowest BCUT2D eigenvalue weighted by molar-refractivity contribution is -0.120. The second kappa shape index (κ2) is 6.42. The van der Waals surface area contributed by atoms with Crippen LogP contribution in [0.1, 0.15) is 37.7 Å². The van der Waals surface area contributed by atoms with Crippen LogP contribution in [-0.2, 0) is 11.2 Å². The Morgan fingerprint density at radius 1 is 1.35 bits per heavy atom. The minimum atomic E-state index is -0.360. The van der Waals surface area contributed by atoms with Crippen LogP contribution in [-0.4, -0.2) is 18.6 Å². The van der Waals surface area contributed by atoms with Crippen molar-refractivity contribution in [2.75, 3.05) is 12.4 Å². The van der Waals surface area contributed by atoms with Crippen molar-refractivity contribution in [2.24, 2.45) is 0 Å². The molecular weight excluding hydrogens is 250 g/mol. The van der Waals surface area contributed by atoms with Crippen LogP contribution in [0.3, 0.4) is 0 Å². The lowest BCUT2D eigenvalue weighted by Crippen LogP contribution is -2.41. The first-order valence-corrected chi connectivity index (χ1v) is 7.14. The summed E-state index contributed by atoms with van der Waals surface area (Å²) in [5, 5.41) is 5.96. The lowest BCUT2D eigenvalue weighted by Gasteiger charge is -2.31. The Kier molecular flexibility index (Phi) is 4.62. The number of nitrogens with zero attached hydrogens (tertiary/aromatic N) is 1. The molecule has 106 valence electrons. The van der Waals surface area contributed by atoms with Crippen molar-refractivity contribution >= 4 is 11.6 Å². The zero-order valence-electron chi connectivity index (χ0n) is 11.9. The summed E-state index contributed by atoms with van der Waals surface area (Å²) in [6.45, 7) is 7.27. The average molecular weight is 271 g/mol. The maximum atomic E-state index is 11.1. The smallest absolute Gasteiger partial charge is 0.305 e. The van der Waals surface area contributed by atoms with Crippen LogP contribution in [0.2, 0.25) is 0 Å². The van der Waals surface area contributed by atoms with Crippen molar-refractivity contribution < 1.29 is 4.79 Å². The Hall–Kier alpha value is -2.02. The van der Waals surface area contributed by atoms with Gasteiger partial charge in [-0.15, -0.1) is 0 Å². The second-order valence-corrected chi connectivity index (χ2v) is 5.35. The molecule has 1 fully saturated rings. The molecule has 0 aliphatic heterocycles. The van der Waals surface area contributed by atoms with Gasteiger partial charge in [0.1, 0.15) is 0 Å². The molecule has 20 heavy (non-hydrogen) atoms. The van der Waals surface area contributed by atoms with E-state index in [1.807, 2.05) is 12.1 Å². The van der Waals surface area contributed by atoms with Crippen molar-refractivity contribution in [3.8, 4) is 0 Å². The highest BCUT2D eigenvalue weighted by molar-refractivity contribution is 5.75. The van der Waals surface area contributed by atoms with E-state index in [9.17, 15) is 4.79 Å². The number of anilines is 1. The molecule has 0 spiro atoms. The summed E-state index contributed by atoms with van der Waals surface area (Å²) in [6, 6.07) is 8.20. The summed E-state index contributed by atoms with van der Waals surface area (Å²) >= 11 is 0. The number of amides is 1. The van der Waals surface area contributed by atoms with Gasteiger partial charge in [-0.05, 0) is 37.0 Å². The molecular formula is C16H21N3O. The van der Waals surface area contributed by atoms with E-state index in [0.29, 0.717) is 6.42 Å². The van der Waals surface area contributed by atoms with E-state index < -0.39 is 0 Å². The van der Waals surface area contributed by atoms with Gasteiger partial charge in [-0.25, -0.2) is 6.57 Å². The first kappa shape index (κ1) is 14.4. The molecule has 2 rings (SSSR count). The third-order valence-electron chi connectivity index (χ3n) is 3.87. The van der Waals surface area contributed by atoms with Crippen LogP contribution >= 0.6 is 0 Å². The maximum Gasteiger partial charge on any atom is 0.305 e. The van der Waals surface area contributed by atoms with Crippen molar-refractivity contribution in [3.63, 3.8) is 0 Å². The van der Waals surface area contributed by atoms with Gasteiger partial charge in [0.15, 0.2) is 0 Å². The van der Waals surface area contributed by atoms with Crippen LogP contribution in [0.15, 0.2) is 24.3 Å². The summed E-state index contributed by atoms with van der Waals surface area (Å²) in [6.07, 6.45) is 5.33. The van der Waals surface area contributed by atoms with E-state index in [0.717, 1.165) is 37.8 Å². The highest BCUT2D eigenvalue weighted by atomic mass is 16.1. The predicted octanol–water partition coefficient (Wildman–Crippen LogP) is 2.97. The monoisotopic (exact) mass is 271 g/mol. The highest BCUT2D eigenvalue weighted by Gasteiger charge is 2.43. The number of rotatable bonds is 6. The fourth-order valence-corrected chi connectivity index (χ4v) is 2.38. The molecule has 2 N–H and O–H groups in total. The summed E-state index contributed by atoms with van der Waals surface area (Å²) < 4.78 is 0. The highest BCUT2D eigenvalue weighted by Crippen LogP contribution is 2.36. The van der Waals surface area contributed by atoms with Crippen molar-refractivity contribution in [2.45, 2.75) is 44.2 Å². The molecule has 1 aliphatic rings. The van der Waals surface area contributed by atoms with E-state index in [4.69, 9.17) is 6.57 Å². The van der Waals surface area contributed by atoms with Gasteiger partial charge in [-0.1, -0.05) is 12.1 Å². The Morgan fingerprint density at radius 2 is 2.05 bits per heavy atom. The number of benzene rings is 1. The van der Waals surface area contributed by atoms with Gasteiger partial charge in [0, 0.05) is 32.0 Å². The van der Waals surface area contributed by atoms with E-state index in [2.05, 4.69) is 27.6 Å². The second-order valence-electron chi connectivity index (χ2n) is 5.35. The Morgan fingerprint density at radius 3 is 2.55 bits per heavy atom. The summed E-state index contributed by atoms with van der Waals surface area (Å²) in [7, 11) is 1.66. The molecule has 1 aromatic carbocycles. The topological polar surface area (TPSA) is 45.5 Å². The molecule has 1 aromatic rings. The van der Waals surface area contributed by atoms with Crippen molar-refractivity contribution in [1.29, 1.82) is 0 Å². The number of hydrogen-bond acceptors (Lipinski definition) is 2. The van der Waals surface area contributed by atoms with Crippen LogP contribution in [0.25, 0.3) is 4.85 Å². The minimum absolute atomic E-state index is 0.0901. The summed E-state index contributed by atoms with van der Waals surface area (Å²) in [5.74, 6) is 0.0901. The molecule has 0 aromatic heterocycles. The fourth-order valence-electron chi connectivity index (χ4n) is 2.38. The van der Waals surface area contributed by atoms with Crippen molar-refractivity contribution in [3.05, 3.63) is 41.2 Å². The number of carbonyl (C=O) groups is 1. The summed E-state index contributed by atoms with van der Waals surface area (Å²) in [4.78, 5) is 14.9. The SMILES string of the molecule is [C-]#[N+]C1(Nc2ccc(CCCC(=O)NC)cc2)CCC1. The molecule has 0 atom stereocenters. The van der Waals surface area contributed by atoms with Gasteiger partial charge in [-0.3, -0.25) is 9.64 Å². The third-order valence-corrected chi connectivity index (χ3v) is 3.87. The zero-order valence-corrected chi connectivity index (χ0v) is 11.9. The van der Waals surface area contributed by atoms with Gasteiger partial charge in [-0.2, -0.15) is 0 Å². The molecule has 0 unspecified atom stereocenters. The first-order valence-electron chi connectivity index (χ1n) is 7.14. The largest absolute Gasteiger partial charge is 0.359 e. The van der Waals surface area contributed by atoms with E-state index in [1.54, 1.807) is 7.05 Å². The summed E-state index contributed by atoms with van der Waals surface area (Å²) in [5.41, 5.74) is 1.88. The van der Waals surface area contributed by atoms with Crippen LogP contribution in [0, 0.1) is 6.57 Å². The normalized spacial score (nSPS) is 15.8. The molecule has 1 amide bonds. The minimum Gasteiger partial charge on any atom is -0.359 e. The molecule has 0 saturated heterocycles. The first-order chi connectivity index (χ1) is 9.67. The van der Waals surface area contributed by atoms with E-state index in [1.165, 1.54) is 5.56 Å². The van der Waals surface area contributed by atoms with Crippen molar-refractivity contribution in [1.82, 2.24) is 5.32 Å². The lowest BCUT2D eigenvalue weighted by atomic mass is 9.85. The number of aryl methyl sites for hydroxylation is 1. The number of carbonyl (C=O) groups excluding carboxylic acids is 1. The Balaban J connectivity index is 1.84. The molecule has 4 nitrogen and oxygen atoms in total. The average Bonchev–Trinajstić information content (AvgIpc) is 2.44. The molecule has 1 aliphatic carbocycles. The molecule has 1 saturated carbocycles. The van der Waals surface area contributed by atoms with E-state index in [-0.39, 0.29) is 11.6 Å². The molecule has 4 heteroatoms. The van der Waals surface area contributed by atoms with Gasteiger partial charge in [0.05, 0.1) is 0 Å². The van der Waals surface area contributed by atoms with Gasteiger partial charge in [0.2, 0.25) is 5.91 Å². The number of hydrogen-bond donors (Lipinski definition) is 2. The van der Waals surface area contributed by atoms with Crippen LogP contribution in [0.4, 0.5) is 5.69 Å². The fraction of sp³-hybridized carbons (Fsp3) is 0.500. The number of nitrogens with one attached hydrogen (secondary N) is 2. The molecule has 0 heterocycles. The Bertz CT molecular complexity index is 497. The molecule has 0 bridgehead atoms. The predicted molar refractivity (Wildman–Crippen MR) is 80.3 cm³/mol. The Labute approximate surface area is 120 Å². The van der Waals surface area contributed by atoms with Gasteiger partial charge >= 0.3 is 5.66 Å². The quantitative estimate of drug-likeness (QED) is 0.781. The van der Waals surface area contributed by atoms with Gasteiger partial charge < -0.3 is 10.6 Å². The van der Waals surface area contributed by atoms with E-state index >= 15 is 0 Å². The zero-order chi connectivity index (χ0) is 14.4. The molecule has 0 radical (unpaired) electrons. The third kappa shape index (κ3) is 3.51. The standard InChI is InChI=1S/C16H21N3O/c1-17-15(20)6-3-5-13-7-9-14(10-8-13)19-16(18-2)11-4-12-16/h7-10,19H,3-6,11-12H2,1H3,(H,17,20). The maximum absolute atomic E-state index is 11.1.